The Labute approximate surface area is 152 Å². The molecule has 0 spiro atoms. The molecule has 0 saturated heterocycles. The van der Waals surface area contributed by atoms with Crippen molar-refractivity contribution in [3.05, 3.63) is 34.6 Å². The number of nitrogens with one attached hydrogen (secondary N) is 1. The molecule has 0 aliphatic rings. The largest absolute Gasteiger partial charge is 0.497 e. The van der Waals surface area contributed by atoms with E-state index in [2.05, 4.69) is 28.8 Å². The lowest BCUT2D eigenvalue weighted by molar-refractivity contribution is 0.415. The Balaban J connectivity index is 2.20. The fourth-order valence-electron chi connectivity index (χ4n) is 3.15. The first-order valence-electron chi connectivity index (χ1n) is 8.95. The lowest BCUT2D eigenvalue weighted by Gasteiger charge is -2.21. The Bertz CT molecular complexity index is 954. The van der Waals surface area contributed by atoms with Gasteiger partial charge in [0.1, 0.15) is 17.0 Å². The molecular weight excluding hydrogens is 330 g/mol. The molecule has 0 aliphatic carbocycles. The summed E-state index contributed by atoms with van der Waals surface area (Å²) in [5.74, 6) is 1.34. The molecule has 26 heavy (non-hydrogen) atoms. The minimum atomic E-state index is -0.175. The summed E-state index contributed by atoms with van der Waals surface area (Å²) in [5.41, 5.74) is 2.46. The van der Waals surface area contributed by atoms with Crippen LogP contribution >= 0.6 is 0 Å². The second-order valence-electron chi connectivity index (χ2n) is 6.28. The number of aromatic nitrogens is 4. The van der Waals surface area contributed by atoms with E-state index in [0.29, 0.717) is 22.7 Å². The molecule has 1 N–H and O–H groups in total. The van der Waals surface area contributed by atoms with Gasteiger partial charge in [0.05, 0.1) is 7.11 Å². The molecule has 138 valence electrons. The average Bonchev–Trinajstić information content (AvgIpc) is 2.98. The zero-order valence-electron chi connectivity index (χ0n) is 15.7. The molecule has 0 unspecified atom stereocenters. The number of H-pyrrole nitrogens is 1. The van der Waals surface area contributed by atoms with Crippen LogP contribution in [0.4, 0.5) is 5.95 Å². The molecular formula is C19H25N5O2. The predicted octanol–water partition coefficient (Wildman–Crippen LogP) is 2.96. The maximum Gasteiger partial charge on any atom is 0.278 e. The van der Waals surface area contributed by atoms with Gasteiger partial charge in [0.2, 0.25) is 5.95 Å². The van der Waals surface area contributed by atoms with Gasteiger partial charge < -0.3 is 9.64 Å². The number of fused-ring (bicyclic) bond motifs is 1. The SMILES string of the molecule is CCCN(CCC)c1nc2c(-c3cccc(OC)c3)nn(C)c2c(=O)[nH]1. The van der Waals surface area contributed by atoms with Crippen molar-refractivity contribution >= 4 is 17.0 Å². The summed E-state index contributed by atoms with van der Waals surface area (Å²) < 4.78 is 6.90. The van der Waals surface area contributed by atoms with Gasteiger partial charge in [0.15, 0.2) is 5.52 Å². The number of methoxy groups -OCH3 is 1. The number of aromatic amines is 1. The van der Waals surface area contributed by atoms with Gasteiger partial charge in [-0.2, -0.15) is 5.10 Å². The molecule has 0 bridgehead atoms. The van der Waals surface area contributed by atoms with Gasteiger partial charge in [0.25, 0.3) is 5.56 Å². The minimum absolute atomic E-state index is 0.175. The Kier molecular flexibility index (Phi) is 5.25. The van der Waals surface area contributed by atoms with Crippen LogP contribution in [0.3, 0.4) is 0 Å². The quantitative estimate of drug-likeness (QED) is 0.705. The summed E-state index contributed by atoms with van der Waals surface area (Å²) >= 11 is 0. The number of nitrogens with zero attached hydrogens (tertiary/aromatic N) is 4. The van der Waals surface area contributed by atoms with Gasteiger partial charge >= 0.3 is 0 Å². The van der Waals surface area contributed by atoms with Crippen LogP contribution in [-0.4, -0.2) is 39.9 Å². The second-order valence-corrected chi connectivity index (χ2v) is 6.28. The highest BCUT2D eigenvalue weighted by molar-refractivity contribution is 5.90. The summed E-state index contributed by atoms with van der Waals surface area (Å²) in [6.45, 7) is 5.92. The number of ether oxygens (including phenoxy) is 1. The Morgan fingerprint density at radius 2 is 1.96 bits per heavy atom. The van der Waals surface area contributed by atoms with E-state index in [1.807, 2.05) is 24.3 Å². The number of hydrogen-bond donors (Lipinski definition) is 1. The van der Waals surface area contributed by atoms with Crippen molar-refractivity contribution in [2.45, 2.75) is 26.7 Å². The van der Waals surface area contributed by atoms with Gasteiger partial charge in [-0.05, 0) is 25.0 Å². The molecule has 2 heterocycles. The number of aryl methyl sites for hydroxylation is 1. The number of hydrogen-bond acceptors (Lipinski definition) is 5. The smallest absolute Gasteiger partial charge is 0.278 e. The van der Waals surface area contributed by atoms with Crippen LogP contribution in [0, 0.1) is 0 Å². The first kappa shape index (κ1) is 18.0. The van der Waals surface area contributed by atoms with Crippen molar-refractivity contribution < 1.29 is 4.74 Å². The van der Waals surface area contributed by atoms with E-state index in [9.17, 15) is 4.79 Å². The van der Waals surface area contributed by atoms with Crippen LogP contribution in [0.25, 0.3) is 22.3 Å². The summed E-state index contributed by atoms with van der Waals surface area (Å²) in [6.07, 6.45) is 1.97. The Hall–Kier alpha value is -2.83. The fraction of sp³-hybridized carbons (Fsp3) is 0.421. The molecule has 1 aromatic carbocycles. The summed E-state index contributed by atoms with van der Waals surface area (Å²) in [6, 6.07) is 7.64. The normalized spacial score (nSPS) is 11.1. The van der Waals surface area contributed by atoms with Crippen molar-refractivity contribution in [1.82, 2.24) is 19.7 Å². The summed E-state index contributed by atoms with van der Waals surface area (Å²) in [4.78, 5) is 22.5. The third-order valence-electron chi connectivity index (χ3n) is 4.31. The van der Waals surface area contributed by atoms with Crippen LogP contribution < -0.4 is 15.2 Å². The van der Waals surface area contributed by atoms with Crippen LogP contribution in [0.15, 0.2) is 29.1 Å². The van der Waals surface area contributed by atoms with Gasteiger partial charge in [-0.25, -0.2) is 4.98 Å². The van der Waals surface area contributed by atoms with Gasteiger partial charge in [-0.1, -0.05) is 26.0 Å². The van der Waals surface area contributed by atoms with E-state index in [1.165, 1.54) is 0 Å². The molecule has 2 aromatic heterocycles. The highest BCUT2D eigenvalue weighted by Gasteiger charge is 2.18. The molecule has 0 aliphatic heterocycles. The maximum atomic E-state index is 12.7. The Morgan fingerprint density at radius 1 is 1.23 bits per heavy atom. The van der Waals surface area contributed by atoms with E-state index in [-0.39, 0.29) is 5.56 Å². The minimum Gasteiger partial charge on any atom is -0.497 e. The van der Waals surface area contributed by atoms with Gasteiger partial charge in [0, 0.05) is 25.7 Å². The Morgan fingerprint density at radius 3 is 2.62 bits per heavy atom. The lowest BCUT2D eigenvalue weighted by Crippen LogP contribution is -2.29. The third kappa shape index (κ3) is 3.29. The fourth-order valence-corrected chi connectivity index (χ4v) is 3.15. The zero-order chi connectivity index (χ0) is 18.7. The molecule has 0 fully saturated rings. The average molecular weight is 355 g/mol. The molecule has 7 nitrogen and oxygen atoms in total. The standard InChI is InChI=1S/C19H25N5O2/c1-5-10-24(11-6-2)19-20-16-15(13-8-7-9-14(12-13)26-4)22-23(3)17(16)18(25)21-19/h7-9,12H,5-6,10-11H2,1-4H3,(H,20,21,25). The van der Waals surface area contributed by atoms with E-state index in [4.69, 9.17) is 9.72 Å². The van der Waals surface area contributed by atoms with Gasteiger partial charge in [-0.3, -0.25) is 14.5 Å². The molecule has 3 rings (SSSR count). The van der Waals surface area contributed by atoms with E-state index >= 15 is 0 Å². The monoisotopic (exact) mass is 355 g/mol. The highest BCUT2D eigenvalue weighted by atomic mass is 16.5. The molecule has 7 heteroatoms. The van der Waals surface area contributed by atoms with Crippen LogP contribution in [0.1, 0.15) is 26.7 Å². The van der Waals surface area contributed by atoms with Crippen molar-refractivity contribution in [3.8, 4) is 17.0 Å². The van der Waals surface area contributed by atoms with Crippen molar-refractivity contribution in [2.75, 3.05) is 25.1 Å². The molecule has 0 amide bonds. The molecule has 0 saturated carbocycles. The predicted molar refractivity (Wildman–Crippen MR) is 104 cm³/mol. The van der Waals surface area contributed by atoms with Crippen molar-refractivity contribution in [1.29, 1.82) is 0 Å². The lowest BCUT2D eigenvalue weighted by atomic mass is 10.1. The second kappa shape index (κ2) is 7.59. The first-order chi connectivity index (χ1) is 12.6. The summed E-state index contributed by atoms with van der Waals surface area (Å²) in [5, 5.41) is 4.55. The highest BCUT2D eigenvalue weighted by Crippen LogP contribution is 2.28. The van der Waals surface area contributed by atoms with Gasteiger partial charge in [-0.15, -0.1) is 0 Å². The maximum absolute atomic E-state index is 12.7. The van der Waals surface area contributed by atoms with Crippen LogP contribution in [0.5, 0.6) is 5.75 Å². The van der Waals surface area contributed by atoms with Crippen LogP contribution in [0.2, 0.25) is 0 Å². The molecule has 0 radical (unpaired) electrons. The number of anilines is 1. The summed E-state index contributed by atoms with van der Waals surface area (Å²) in [7, 11) is 3.39. The number of rotatable bonds is 7. The molecule has 3 aromatic rings. The van der Waals surface area contributed by atoms with E-state index in [0.717, 1.165) is 37.2 Å². The van der Waals surface area contributed by atoms with E-state index < -0.39 is 0 Å². The molecule has 0 atom stereocenters. The van der Waals surface area contributed by atoms with Crippen LogP contribution in [-0.2, 0) is 7.05 Å². The van der Waals surface area contributed by atoms with E-state index in [1.54, 1.807) is 18.8 Å². The third-order valence-corrected chi connectivity index (χ3v) is 4.31. The topological polar surface area (TPSA) is 76.0 Å². The van der Waals surface area contributed by atoms with Crippen molar-refractivity contribution in [3.63, 3.8) is 0 Å². The zero-order valence-corrected chi connectivity index (χ0v) is 15.7. The first-order valence-corrected chi connectivity index (χ1v) is 8.95. The number of benzene rings is 1. The van der Waals surface area contributed by atoms with Crippen molar-refractivity contribution in [2.24, 2.45) is 7.05 Å².